The van der Waals surface area contributed by atoms with Gasteiger partial charge in [0.05, 0.1) is 0 Å². The Bertz CT molecular complexity index is 423. The van der Waals surface area contributed by atoms with E-state index in [1.807, 2.05) is 0 Å². The van der Waals surface area contributed by atoms with Gasteiger partial charge in [0, 0.05) is 18.9 Å². The van der Waals surface area contributed by atoms with Crippen molar-refractivity contribution in [3.8, 4) is 0 Å². The number of hydrogen-bond acceptors (Lipinski definition) is 1. The predicted molar refractivity (Wildman–Crippen MR) is 66.3 cm³/mol. The van der Waals surface area contributed by atoms with Gasteiger partial charge in [0.1, 0.15) is 17.4 Å². The van der Waals surface area contributed by atoms with E-state index >= 15 is 0 Å². The van der Waals surface area contributed by atoms with Crippen molar-refractivity contribution in [3.63, 3.8) is 0 Å². The predicted octanol–water partition coefficient (Wildman–Crippen LogP) is 4.05. The van der Waals surface area contributed by atoms with Gasteiger partial charge in [0.15, 0.2) is 0 Å². The van der Waals surface area contributed by atoms with Gasteiger partial charge < -0.3 is 0 Å². The second-order valence-corrected chi connectivity index (χ2v) is 5.16. The summed E-state index contributed by atoms with van der Waals surface area (Å²) >= 11 is 0. The van der Waals surface area contributed by atoms with Gasteiger partial charge in [0.25, 0.3) is 0 Å². The molecule has 18 heavy (non-hydrogen) atoms. The van der Waals surface area contributed by atoms with E-state index in [9.17, 15) is 13.6 Å². The Labute approximate surface area is 106 Å². The molecular formula is C15H18F2O. The molecule has 1 aliphatic rings. The number of carbonyl (C=O) groups excluding carboxylic acids is 1. The SMILES string of the molecule is O=C(Cc1ccc(F)cc1F)CC1CCCCC1. The lowest BCUT2D eigenvalue weighted by Crippen LogP contribution is -2.14. The zero-order chi connectivity index (χ0) is 13.0. The fraction of sp³-hybridized carbons (Fsp3) is 0.533. The highest BCUT2D eigenvalue weighted by molar-refractivity contribution is 5.81. The maximum atomic E-state index is 13.4. The molecule has 1 aromatic rings. The van der Waals surface area contributed by atoms with Crippen molar-refractivity contribution in [2.45, 2.75) is 44.9 Å². The molecule has 3 heteroatoms. The standard InChI is InChI=1S/C15H18F2O/c16-13-7-6-12(15(17)10-13)9-14(18)8-11-4-2-1-3-5-11/h6-7,10-11H,1-5,8-9H2. The molecule has 0 unspecified atom stereocenters. The van der Waals surface area contributed by atoms with Crippen molar-refractivity contribution in [1.29, 1.82) is 0 Å². The van der Waals surface area contributed by atoms with Crippen molar-refractivity contribution in [2.24, 2.45) is 5.92 Å². The molecule has 1 saturated carbocycles. The number of carbonyl (C=O) groups is 1. The van der Waals surface area contributed by atoms with Crippen LogP contribution in [0.5, 0.6) is 0 Å². The second-order valence-electron chi connectivity index (χ2n) is 5.16. The summed E-state index contributed by atoms with van der Waals surface area (Å²) in [7, 11) is 0. The van der Waals surface area contributed by atoms with Gasteiger partial charge in [0.2, 0.25) is 0 Å². The van der Waals surface area contributed by atoms with Gasteiger partial charge in [-0.3, -0.25) is 4.79 Å². The lowest BCUT2D eigenvalue weighted by molar-refractivity contribution is -0.119. The van der Waals surface area contributed by atoms with Crippen molar-refractivity contribution in [1.82, 2.24) is 0 Å². The molecule has 0 spiro atoms. The summed E-state index contributed by atoms with van der Waals surface area (Å²) in [4.78, 5) is 11.9. The highest BCUT2D eigenvalue weighted by atomic mass is 19.1. The molecule has 0 heterocycles. The average molecular weight is 252 g/mol. The molecule has 0 radical (unpaired) electrons. The van der Waals surface area contributed by atoms with Gasteiger partial charge in [-0.2, -0.15) is 0 Å². The van der Waals surface area contributed by atoms with Crippen LogP contribution in [0.1, 0.15) is 44.1 Å². The van der Waals surface area contributed by atoms with E-state index in [2.05, 4.69) is 0 Å². The minimum atomic E-state index is -0.619. The van der Waals surface area contributed by atoms with Crippen LogP contribution >= 0.6 is 0 Å². The summed E-state index contributed by atoms with van der Waals surface area (Å²) in [5, 5.41) is 0. The normalized spacial score (nSPS) is 16.8. The maximum Gasteiger partial charge on any atom is 0.137 e. The molecule has 0 amide bonds. The van der Waals surface area contributed by atoms with Crippen molar-refractivity contribution in [2.75, 3.05) is 0 Å². The third-order valence-electron chi connectivity index (χ3n) is 3.64. The Morgan fingerprint density at radius 1 is 1.17 bits per heavy atom. The number of hydrogen-bond donors (Lipinski definition) is 0. The van der Waals surface area contributed by atoms with Crippen LogP contribution in [0, 0.1) is 17.6 Å². The van der Waals surface area contributed by atoms with Gasteiger partial charge in [-0.1, -0.05) is 38.2 Å². The third-order valence-corrected chi connectivity index (χ3v) is 3.64. The molecule has 0 saturated heterocycles. The Hall–Kier alpha value is -1.25. The average Bonchev–Trinajstić information content (AvgIpc) is 2.34. The first-order valence-corrected chi connectivity index (χ1v) is 6.61. The molecule has 1 aliphatic carbocycles. The second kappa shape index (κ2) is 6.07. The van der Waals surface area contributed by atoms with Crippen molar-refractivity contribution < 1.29 is 13.6 Å². The van der Waals surface area contributed by atoms with E-state index in [-0.39, 0.29) is 12.2 Å². The van der Waals surface area contributed by atoms with Gasteiger partial charge in [-0.15, -0.1) is 0 Å². The molecular weight excluding hydrogens is 234 g/mol. The molecule has 0 aromatic heterocycles. The molecule has 2 rings (SSSR count). The topological polar surface area (TPSA) is 17.1 Å². The van der Waals surface area contributed by atoms with E-state index in [4.69, 9.17) is 0 Å². The lowest BCUT2D eigenvalue weighted by Gasteiger charge is -2.20. The Morgan fingerprint density at radius 3 is 2.56 bits per heavy atom. The first-order valence-electron chi connectivity index (χ1n) is 6.61. The van der Waals surface area contributed by atoms with Crippen LogP contribution in [0.25, 0.3) is 0 Å². The molecule has 0 N–H and O–H groups in total. The minimum absolute atomic E-state index is 0.0624. The molecule has 0 atom stereocenters. The molecule has 1 aromatic carbocycles. The third kappa shape index (κ3) is 3.62. The van der Waals surface area contributed by atoms with Crippen molar-refractivity contribution in [3.05, 3.63) is 35.4 Å². The first-order chi connectivity index (χ1) is 8.65. The molecule has 0 bridgehead atoms. The number of halogens is 2. The molecule has 1 fully saturated rings. The minimum Gasteiger partial charge on any atom is -0.299 e. The highest BCUT2D eigenvalue weighted by Gasteiger charge is 2.18. The quantitative estimate of drug-likeness (QED) is 0.790. The fourth-order valence-electron chi connectivity index (χ4n) is 2.66. The lowest BCUT2D eigenvalue weighted by atomic mass is 9.85. The maximum absolute atomic E-state index is 13.4. The number of rotatable bonds is 4. The largest absolute Gasteiger partial charge is 0.299 e. The van der Waals surface area contributed by atoms with Gasteiger partial charge >= 0.3 is 0 Å². The van der Waals surface area contributed by atoms with Crippen LogP contribution < -0.4 is 0 Å². The van der Waals surface area contributed by atoms with E-state index in [0.29, 0.717) is 17.9 Å². The van der Waals surface area contributed by atoms with Crippen LogP contribution in [-0.4, -0.2) is 5.78 Å². The summed E-state index contributed by atoms with van der Waals surface area (Å²) in [6, 6.07) is 3.40. The van der Waals surface area contributed by atoms with E-state index in [1.54, 1.807) is 0 Å². The van der Waals surface area contributed by atoms with E-state index in [0.717, 1.165) is 18.9 Å². The number of benzene rings is 1. The Kier molecular flexibility index (Phi) is 4.45. The Morgan fingerprint density at radius 2 is 1.89 bits per heavy atom. The number of Topliss-reactive ketones (excluding diaryl/α,β-unsaturated/α-hetero) is 1. The summed E-state index contributed by atoms with van der Waals surface area (Å²) < 4.78 is 26.1. The monoisotopic (exact) mass is 252 g/mol. The summed E-state index contributed by atoms with van der Waals surface area (Å²) in [6.45, 7) is 0. The Balaban J connectivity index is 1.90. The summed E-state index contributed by atoms with van der Waals surface area (Å²) in [6.07, 6.45) is 6.50. The van der Waals surface area contributed by atoms with Crippen LogP contribution in [0.4, 0.5) is 8.78 Å². The van der Waals surface area contributed by atoms with Crippen LogP contribution in [0.2, 0.25) is 0 Å². The smallest absolute Gasteiger partial charge is 0.137 e. The summed E-state index contributed by atoms with van der Waals surface area (Å²) in [5.41, 5.74) is 0.303. The van der Waals surface area contributed by atoms with E-state index < -0.39 is 11.6 Å². The van der Waals surface area contributed by atoms with Gasteiger partial charge in [-0.25, -0.2) is 8.78 Å². The van der Waals surface area contributed by atoms with Crippen molar-refractivity contribution >= 4 is 5.78 Å². The number of ketones is 1. The fourth-order valence-corrected chi connectivity index (χ4v) is 2.66. The van der Waals surface area contributed by atoms with Crippen LogP contribution in [-0.2, 0) is 11.2 Å². The first kappa shape index (κ1) is 13.2. The zero-order valence-corrected chi connectivity index (χ0v) is 10.4. The van der Waals surface area contributed by atoms with Gasteiger partial charge in [-0.05, 0) is 17.5 Å². The van der Waals surface area contributed by atoms with Crippen LogP contribution in [0.3, 0.4) is 0 Å². The molecule has 1 nitrogen and oxygen atoms in total. The van der Waals surface area contributed by atoms with E-state index in [1.165, 1.54) is 31.4 Å². The highest BCUT2D eigenvalue weighted by Crippen LogP contribution is 2.27. The van der Waals surface area contributed by atoms with Crippen LogP contribution in [0.15, 0.2) is 18.2 Å². The summed E-state index contributed by atoms with van der Waals surface area (Å²) in [5.74, 6) is -0.690. The zero-order valence-electron chi connectivity index (χ0n) is 10.4. The molecule has 0 aliphatic heterocycles. The molecule has 98 valence electrons.